The largest absolute Gasteiger partial charge is 0.480 e. The number of aliphatic carboxylic acids is 1. The molecule has 0 fully saturated rings. The minimum atomic E-state index is -1.17. The number of hydrogen-bond acceptors (Lipinski definition) is 6. The molecule has 8 nitrogen and oxygen atoms in total. The van der Waals surface area contributed by atoms with Gasteiger partial charge < -0.3 is 15.7 Å². The van der Waals surface area contributed by atoms with Crippen LogP contribution in [-0.2, 0) is 21.4 Å². The number of aromatic nitrogens is 2. The lowest BCUT2D eigenvalue weighted by Gasteiger charge is -2.20. The minimum Gasteiger partial charge on any atom is -0.480 e. The molecule has 2 heterocycles. The molecule has 240 valence electrons. The number of benzene rings is 3. The number of amides is 2. The van der Waals surface area contributed by atoms with Crippen LogP contribution in [-0.4, -0.2) is 44.9 Å². The number of hydrogen-bond donors (Lipinski definition) is 3. The third kappa shape index (κ3) is 8.33. The van der Waals surface area contributed by atoms with E-state index in [9.17, 15) is 23.9 Å². The van der Waals surface area contributed by atoms with Gasteiger partial charge in [0.25, 0.3) is 5.91 Å². The van der Waals surface area contributed by atoms with E-state index < -0.39 is 29.9 Å². The van der Waals surface area contributed by atoms with E-state index >= 15 is 0 Å². The Morgan fingerprint density at radius 2 is 1.30 bits per heavy atom. The topological polar surface area (TPSA) is 121 Å². The van der Waals surface area contributed by atoms with E-state index in [1.807, 2.05) is 54.6 Å². The highest BCUT2D eigenvalue weighted by atomic mass is 32.1. The Morgan fingerprint density at radius 3 is 1.83 bits per heavy atom. The maximum Gasteiger partial charge on any atom is 0.325 e. The molecule has 0 saturated heterocycles. The van der Waals surface area contributed by atoms with Crippen LogP contribution in [0.1, 0.15) is 47.8 Å². The quantitative estimate of drug-likeness (QED) is 0.151. The van der Waals surface area contributed by atoms with E-state index in [0.29, 0.717) is 10.7 Å². The standard InChI is InChI=1S/C37H35FN4O4S/c1-22(36(45)46)41-34(43)30(42-35(44)31-17-18-32(47-31)37(2,3)4)19-23-5-7-27(8-6-23)33-39-20-28(21-40-33)26-11-9-24(10-12-26)25-13-15-29(38)16-14-25/h5-18,20-22,30H,19H2,1-4H3,(H,41,43)(H,42,44)(H,45,46)/t22-,30+/m1/s1. The Kier molecular flexibility index (Phi) is 9.91. The van der Waals surface area contributed by atoms with Crippen molar-refractivity contribution in [1.82, 2.24) is 20.6 Å². The summed E-state index contributed by atoms with van der Waals surface area (Å²) in [5.74, 6) is -1.91. The molecule has 2 atom stereocenters. The summed E-state index contributed by atoms with van der Waals surface area (Å²) in [6.07, 6.45) is 3.64. The lowest BCUT2D eigenvalue weighted by Crippen LogP contribution is -2.51. The van der Waals surface area contributed by atoms with Gasteiger partial charge in [0.05, 0.1) is 4.88 Å². The van der Waals surface area contributed by atoms with Crippen molar-refractivity contribution >= 4 is 29.1 Å². The molecule has 0 saturated carbocycles. The van der Waals surface area contributed by atoms with Crippen molar-refractivity contribution in [3.05, 3.63) is 118 Å². The first-order chi connectivity index (χ1) is 22.4. The molecule has 0 spiro atoms. The molecule has 0 bridgehead atoms. The number of carboxylic acid groups (broad SMARTS) is 1. The molecule has 0 aliphatic rings. The molecule has 0 unspecified atom stereocenters. The van der Waals surface area contributed by atoms with E-state index in [1.165, 1.54) is 30.4 Å². The van der Waals surface area contributed by atoms with Crippen LogP contribution in [0.25, 0.3) is 33.6 Å². The Labute approximate surface area is 276 Å². The molecule has 47 heavy (non-hydrogen) atoms. The number of carboxylic acids is 1. The van der Waals surface area contributed by atoms with Gasteiger partial charge in [0.2, 0.25) is 5.91 Å². The molecule has 0 radical (unpaired) electrons. The predicted octanol–water partition coefficient (Wildman–Crippen LogP) is 6.91. The van der Waals surface area contributed by atoms with Crippen molar-refractivity contribution in [2.75, 3.05) is 0 Å². The summed E-state index contributed by atoms with van der Waals surface area (Å²) in [6.45, 7) is 7.55. The van der Waals surface area contributed by atoms with E-state index in [1.54, 1.807) is 30.6 Å². The van der Waals surface area contributed by atoms with E-state index in [-0.39, 0.29) is 17.7 Å². The molecule has 5 rings (SSSR count). The van der Waals surface area contributed by atoms with Crippen molar-refractivity contribution in [1.29, 1.82) is 0 Å². The monoisotopic (exact) mass is 650 g/mol. The zero-order chi connectivity index (χ0) is 33.7. The van der Waals surface area contributed by atoms with Gasteiger partial charge in [-0.25, -0.2) is 14.4 Å². The van der Waals surface area contributed by atoms with Crippen LogP contribution in [0.15, 0.2) is 97.3 Å². The van der Waals surface area contributed by atoms with E-state index in [4.69, 9.17) is 0 Å². The normalized spacial score (nSPS) is 12.6. The van der Waals surface area contributed by atoms with Crippen LogP contribution < -0.4 is 10.6 Å². The molecule has 5 aromatic rings. The number of rotatable bonds is 10. The maximum atomic E-state index is 13.3. The molecule has 3 N–H and O–H groups in total. The van der Waals surface area contributed by atoms with Crippen molar-refractivity contribution in [2.45, 2.75) is 51.6 Å². The van der Waals surface area contributed by atoms with Gasteiger partial charge in [-0.3, -0.25) is 14.4 Å². The number of halogens is 1. The second-order valence-corrected chi connectivity index (χ2v) is 13.4. The highest BCUT2D eigenvalue weighted by Crippen LogP contribution is 2.30. The van der Waals surface area contributed by atoms with Crippen molar-refractivity contribution in [3.8, 4) is 33.6 Å². The summed E-state index contributed by atoms with van der Waals surface area (Å²) >= 11 is 1.36. The number of carbonyl (C=O) groups excluding carboxylic acids is 2. The first-order valence-corrected chi connectivity index (χ1v) is 15.9. The Bertz CT molecular complexity index is 1860. The van der Waals surface area contributed by atoms with Crippen molar-refractivity contribution in [3.63, 3.8) is 0 Å². The fraction of sp³-hybridized carbons (Fsp3) is 0.216. The highest BCUT2D eigenvalue weighted by molar-refractivity contribution is 7.14. The average Bonchev–Trinajstić information content (AvgIpc) is 3.57. The third-order valence-electron chi connectivity index (χ3n) is 7.62. The van der Waals surface area contributed by atoms with Gasteiger partial charge in [0, 0.05) is 34.8 Å². The summed E-state index contributed by atoms with van der Waals surface area (Å²) in [5, 5.41) is 14.6. The summed E-state index contributed by atoms with van der Waals surface area (Å²) in [7, 11) is 0. The fourth-order valence-electron chi connectivity index (χ4n) is 4.83. The van der Waals surface area contributed by atoms with Crippen LogP contribution >= 0.6 is 11.3 Å². The number of thiophene rings is 1. The van der Waals surface area contributed by atoms with Crippen LogP contribution in [0, 0.1) is 5.82 Å². The number of carbonyl (C=O) groups is 3. The van der Waals surface area contributed by atoms with Crippen LogP contribution in [0.5, 0.6) is 0 Å². The third-order valence-corrected chi connectivity index (χ3v) is 9.13. The van der Waals surface area contributed by atoms with Gasteiger partial charge in [-0.15, -0.1) is 11.3 Å². The van der Waals surface area contributed by atoms with Gasteiger partial charge in [0.1, 0.15) is 17.9 Å². The van der Waals surface area contributed by atoms with Gasteiger partial charge in [-0.05, 0) is 58.9 Å². The molecule has 10 heteroatoms. The van der Waals surface area contributed by atoms with Crippen molar-refractivity contribution < 1.29 is 23.9 Å². The second-order valence-electron chi connectivity index (χ2n) is 12.3. The Morgan fingerprint density at radius 1 is 0.766 bits per heavy atom. The zero-order valence-electron chi connectivity index (χ0n) is 26.5. The lowest BCUT2D eigenvalue weighted by molar-refractivity contribution is -0.141. The predicted molar refractivity (Wildman–Crippen MR) is 182 cm³/mol. The van der Waals surface area contributed by atoms with E-state index in [2.05, 4.69) is 41.4 Å². The average molecular weight is 651 g/mol. The molecule has 3 aromatic carbocycles. The molecular formula is C37H35FN4O4S. The second kappa shape index (κ2) is 14.0. The SMILES string of the molecule is C[C@@H](NC(=O)[C@H](Cc1ccc(-c2ncc(-c3ccc(-c4ccc(F)cc4)cc3)cn2)cc1)NC(=O)c1ccc(C(C)(C)C)s1)C(=O)O. The summed E-state index contributed by atoms with van der Waals surface area (Å²) in [6, 6.07) is 23.1. The zero-order valence-corrected chi connectivity index (χ0v) is 27.3. The molecular weight excluding hydrogens is 615 g/mol. The molecule has 0 aliphatic heterocycles. The lowest BCUT2D eigenvalue weighted by atomic mass is 9.95. The molecule has 0 aliphatic carbocycles. The summed E-state index contributed by atoms with van der Waals surface area (Å²) < 4.78 is 13.3. The minimum absolute atomic E-state index is 0.124. The summed E-state index contributed by atoms with van der Waals surface area (Å²) in [4.78, 5) is 48.2. The first kappa shape index (κ1) is 33.2. The van der Waals surface area contributed by atoms with Crippen LogP contribution in [0.4, 0.5) is 4.39 Å². The van der Waals surface area contributed by atoms with Gasteiger partial charge >= 0.3 is 5.97 Å². The summed E-state index contributed by atoms with van der Waals surface area (Å²) in [5.41, 5.74) is 5.09. The molecule has 2 aromatic heterocycles. The number of nitrogens with zero attached hydrogens (tertiary/aromatic N) is 2. The molecule has 2 amide bonds. The van der Waals surface area contributed by atoms with Crippen LogP contribution in [0.2, 0.25) is 0 Å². The van der Waals surface area contributed by atoms with E-state index in [0.717, 1.165) is 38.3 Å². The Balaban J connectivity index is 1.28. The number of nitrogens with one attached hydrogen (secondary N) is 2. The first-order valence-electron chi connectivity index (χ1n) is 15.1. The van der Waals surface area contributed by atoms with Crippen LogP contribution in [0.3, 0.4) is 0 Å². The Hall–Kier alpha value is -5.22. The van der Waals surface area contributed by atoms with Crippen molar-refractivity contribution in [2.24, 2.45) is 0 Å². The van der Waals surface area contributed by atoms with Gasteiger partial charge in [-0.1, -0.05) is 81.4 Å². The maximum absolute atomic E-state index is 13.3. The fourth-order valence-corrected chi connectivity index (χ4v) is 5.79. The highest BCUT2D eigenvalue weighted by Gasteiger charge is 2.26. The van der Waals surface area contributed by atoms with Gasteiger partial charge in [0.15, 0.2) is 5.82 Å². The smallest absolute Gasteiger partial charge is 0.325 e. The van der Waals surface area contributed by atoms with Gasteiger partial charge in [-0.2, -0.15) is 0 Å².